The van der Waals surface area contributed by atoms with Crippen molar-refractivity contribution >= 4 is 28.4 Å². The minimum atomic E-state index is 0.0582. The maximum Gasteiger partial charge on any atom is 0.264 e. The van der Waals surface area contributed by atoms with Gasteiger partial charge in [0.25, 0.3) is 5.91 Å². The molecule has 0 saturated carbocycles. The Bertz CT molecular complexity index is 874. The fourth-order valence-corrected chi connectivity index (χ4v) is 3.94. The number of aromatic amines is 1. The summed E-state index contributed by atoms with van der Waals surface area (Å²) < 4.78 is 5.18. The quantitative estimate of drug-likeness (QED) is 0.790. The first-order chi connectivity index (χ1) is 11.8. The lowest BCUT2D eigenvalue weighted by atomic mass is 9.94. The smallest absolute Gasteiger partial charge is 0.264 e. The zero-order chi connectivity index (χ0) is 16.5. The SMILES string of the molecule is COc1ccc(C(=O)N2CCC[C@H](c3[nH]nc4nccnc34)C2)s1. The predicted octanol–water partition coefficient (Wildman–Crippen LogP) is 2.44. The molecule has 0 aliphatic carbocycles. The van der Waals surface area contributed by atoms with Gasteiger partial charge in [-0.25, -0.2) is 9.97 Å². The van der Waals surface area contributed by atoms with Gasteiger partial charge in [-0.3, -0.25) is 9.89 Å². The number of H-pyrrole nitrogens is 1. The normalized spacial score (nSPS) is 18.0. The highest BCUT2D eigenvalue weighted by Gasteiger charge is 2.29. The van der Waals surface area contributed by atoms with Gasteiger partial charge in [0.2, 0.25) is 0 Å². The summed E-state index contributed by atoms with van der Waals surface area (Å²) in [6.45, 7) is 1.43. The molecule has 1 saturated heterocycles. The van der Waals surface area contributed by atoms with Gasteiger partial charge in [-0.1, -0.05) is 11.3 Å². The number of amides is 1. The summed E-state index contributed by atoms with van der Waals surface area (Å²) in [6, 6.07) is 3.66. The fourth-order valence-electron chi connectivity index (χ4n) is 3.15. The zero-order valence-corrected chi connectivity index (χ0v) is 14.0. The van der Waals surface area contributed by atoms with E-state index in [1.807, 2.05) is 17.0 Å². The molecule has 1 fully saturated rings. The van der Waals surface area contributed by atoms with E-state index in [-0.39, 0.29) is 11.8 Å². The number of thiophene rings is 1. The lowest BCUT2D eigenvalue weighted by Gasteiger charge is -2.32. The molecular weight excluding hydrogens is 326 g/mol. The lowest BCUT2D eigenvalue weighted by molar-refractivity contribution is 0.0711. The Hall–Kier alpha value is -2.48. The van der Waals surface area contributed by atoms with Crippen molar-refractivity contribution in [3.8, 4) is 5.06 Å². The van der Waals surface area contributed by atoms with Crippen LogP contribution in [-0.2, 0) is 0 Å². The Balaban J connectivity index is 1.56. The average Bonchev–Trinajstić information content (AvgIpc) is 3.28. The maximum absolute atomic E-state index is 12.7. The van der Waals surface area contributed by atoms with Gasteiger partial charge in [0, 0.05) is 31.4 Å². The number of methoxy groups -OCH3 is 1. The molecule has 3 aromatic heterocycles. The lowest BCUT2D eigenvalue weighted by Crippen LogP contribution is -2.38. The Morgan fingerprint density at radius 2 is 2.25 bits per heavy atom. The van der Waals surface area contributed by atoms with Gasteiger partial charge in [-0.2, -0.15) is 5.10 Å². The van der Waals surface area contributed by atoms with E-state index in [1.54, 1.807) is 19.5 Å². The number of rotatable bonds is 3. The van der Waals surface area contributed by atoms with Gasteiger partial charge >= 0.3 is 0 Å². The molecule has 1 N–H and O–H groups in total. The van der Waals surface area contributed by atoms with Crippen molar-refractivity contribution in [2.45, 2.75) is 18.8 Å². The third-order valence-corrected chi connectivity index (χ3v) is 5.36. The second kappa shape index (κ2) is 6.20. The Kier molecular flexibility index (Phi) is 3.89. The molecule has 0 aromatic carbocycles. The molecule has 0 radical (unpaired) electrons. The molecule has 124 valence electrons. The molecule has 24 heavy (non-hydrogen) atoms. The van der Waals surface area contributed by atoms with E-state index in [0.29, 0.717) is 17.1 Å². The third-order valence-electron chi connectivity index (χ3n) is 4.33. The van der Waals surface area contributed by atoms with Crippen molar-refractivity contribution in [1.29, 1.82) is 0 Å². The van der Waals surface area contributed by atoms with Crippen LogP contribution in [0.5, 0.6) is 5.06 Å². The van der Waals surface area contributed by atoms with E-state index in [4.69, 9.17) is 4.74 Å². The summed E-state index contributed by atoms with van der Waals surface area (Å²) >= 11 is 1.38. The molecule has 3 aromatic rings. The molecule has 0 unspecified atom stereocenters. The number of hydrogen-bond donors (Lipinski definition) is 1. The van der Waals surface area contributed by atoms with Crippen LogP contribution >= 0.6 is 11.3 Å². The Morgan fingerprint density at radius 1 is 1.38 bits per heavy atom. The Morgan fingerprint density at radius 3 is 3.08 bits per heavy atom. The van der Waals surface area contributed by atoms with Gasteiger partial charge in [-0.05, 0) is 25.0 Å². The van der Waals surface area contributed by atoms with Crippen molar-refractivity contribution in [3.63, 3.8) is 0 Å². The molecule has 4 heterocycles. The number of carbonyl (C=O) groups is 1. The summed E-state index contributed by atoms with van der Waals surface area (Å²) in [5, 5.41) is 8.04. The first-order valence-corrected chi connectivity index (χ1v) is 8.66. The number of ether oxygens (including phenoxy) is 1. The molecule has 7 nitrogen and oxygen atoms in total. The highest BCUT2D eigenvalue weighted by atomic mass is 32.1. The molecular formula is C16H17N5O2S. The van der Waals surface area contributed by atoms with E-state index in [0.717, 1.165) is 35.7 Å². The average molecular weight is 343 g/mol. The summed E-state index contributed by atoms with van der Waals surface area (Å²) in [5.41, 5.74) is 2.40. The molecule has 8 heteroatoms. The minimum absolute atomic E-state index is 0.0582. The summed E-state index contributed by atoms with van der Waals surface area (Å²) in [7, 11) is 1.61. The molecule has 1 aliphatic heterocycles. The van der Waals surface area contributed by atoms with Crippen molar-refractivity contribution in [2.75, 3.05) is 20.2 Å². The molecule has 1 aliphatic rings. The standard InChI is InChI=1S/C16H17N5O2S/c1-23-12-5-4-11(24-12)16(22)21-8-2-3-10(9-21)13-14-15(20-19-13)18-7-6-17-14/h4-7,10H,2-3,8-9H2,1H3,(H,18,19,20)/t10-/m0/s1. The van der Waals surface area contributed by atoms with Gasteiger partial charge in [0.15, 0.2) is 10.7 Å². The van der Waals surface area contributed by atoms with Crippen molar-refractivity contribution in [3.05, 3.63) is 35.1 Å². The number of carbonyl (C=O) groups excluding carboxylic acids is 1. The number of fused-ring (bicyclic) bond motifs is 1. The van der Waals surface area contributed by atoms with Crippen molar-refractivity contribution < 1.29 is 9.53 Å². The predicted molar refractivity (Wildman–Crippen MR) is 90.4 cm³/mol. The zero-order valence-electron chi connectivity index (χ0n) is 13.2. The first kappa shape index (κ1) is 15.1. The Labute approximate surface area is 142 Å². The minimum Gasteiger partial charge on any atom is -0.487 e. The van der Waals surface area contributed by atoms with Gasteiger partial charge < -0.3 is 9.64 Å². The highest BCUT2D eigenvalue weighted by molar-refractivity contribution is 7.15. The maximum atomic E-state index is 12.7. The van der Waals surface area contributed by atoms with Crippen LogP contribution in [0.15, 0.2) is 24.5 Å². The second-order valence-electron chi connectivity index (χ2n) is 5.78. The van der Waals surface area contributed by atoms with Crippen LogP contribution in [-0.4, -0.2) is 51.2 Å². The number of likely N-dealkylation sites (tertiary alicyclic amines) is 1. The van der Waals surface area contributed by atoms with Gasteiger partial charge in [0.05, 0.1) is 17.7 Å². The summed E-state index contributed by atoms with van der Waals surface area (Å²) in [5.74, 6) is 0.258. The van der Waals surface area contributed by atoms with Crippen LogP contribution in [0.25, 0.3) is 11.2 Å². The monoisotopic (exact) mass is 343 g/mol. The van der Waals surface area contributed by atoms with Crippen LogP contribution in [0.4, 0.5) is 0 Å². The van der Waals surface area contributed by atoms with Crippen molar-refractivity contribution in [1.82, 2.24) is 25.1 Å². The number of nitrogens with one attached hydrogen (secondary N) is 1. The number of nitrogens with zero attached hydrogens (tertiary/aromatic N) is 4. The second-order valence-corrected chi connectivity index (χ2v) is 6.83. The van der Waals surface area contributed by atoms with E-state index < -0.39 is 0 Å². The molecule has 1 atom stereocenters. The number of aromatic nitrogens is 4. The van der Waals surface area contributed by atoms with E-state index in [1.165, 1.54) is 11.3 Å². The number of piperidine rings is 1. The number of hydrogen-bond acceptors (Lipinski definition) is 6. The van der Waals surface area contributed by atoms with Crippen LogP contribution < -0.4 is 4.74 Å². The van der Waals surface area contributed by atoms with E-state index in [9.17, 15) is 4.79 Å². The fraction of sp³-hybridized carbons (Fsp3) is 0.375. The summed E-state index contributed by atoms with van der Waals surface area (Å²) in [6.07, 6.45) is 5.27. The molecule has 1 amide bonds. The first-order valence-electron chi connectivity index (χ1n) is 7.84. The van der Waals surface area contributed by atoms with E-state index in [2.05, 4.69) is 20.2 Å². The van der Waals surface area contributed by atoms with Crippen LogP contribution in [0.2, 0.25) is 0 Å². The van der Waals surface area contributed by atoms with Crippen molar-refractivity contribution in [2.24, 2.45) is 0 Å². The van der Waals surface area contributed by atoms with E-state index >= 15 is 0 Å². The van der Waals surface area contributed by atoms with Crippen LogP contribution in [0, 0.1) is 0 Å². The summed E-state index contributed by atoms with van der Waals surface area (Å²) in [4.78, 5) is 23.9. The molecule has 0 spiro atoms. The largest absolute Gasteiger partial charge is 0.487 e. The third kappa shape index (κ3) is 2.62. The van der Waals surface area contributed by atoms with Crippen LogP contribution in [0.3, 0.4) is 0 Å². The van der Waals surface area contributed by atoms with Crippen LogP contribution in [0.1, 0.15) is 34.1 Å². The van der Waals surface area contributed by atoms with Gasteiger partial charge in [0.1, 0.15) is 5.52 Å². The molecule has 0 bridgehead atoms. The topological polar surface area (TPSA) is 84.0 Å². The highest BCUT2D eigenvalue weighted by Crippen LogP contribution is 2.31. The van der Waals surface area contributed by atoms with Gasteiger partial charge in [-0.15, -0.1) is 0 Å². The molecule has 4 rings (SSSR count).